The van der Waals surface area contributed by atoms with Crippen LogP contribution < -0.4 is 0 Å². The Labute approximate surface area is 151 Å². The van der Waals surface area contributed by atoms with Crippen LogP contribution in [0, 0.1) is 0 Å². The quantitative estimate of drug-likeness (QED) is 0.624. The normalized spacial score (nSPS) is 14.9. The van der Waals surface area contributed by atoms with E-state index in [1.807, 2.05) is 18.2 Å². The van der Waals surface area contributed by atoms with Crippen LogP contribution in [0.2, 0.25) is 5.02 Å². The van der Waals surface area contributed by atoms with Gasteiger partial charge in [-0.1, -0.05) is 83.5 Å². The first kappa shape index (κ1) is 19.0. The maximum Gasteiger partial charge on any atom is 0.159 e. The number of carbonyl (C=O) groups is 1. The Morgan fingerprint density at radius 3 is 2.00 bits per heavy atom. The van der Waals surface area contributed by atoms with Crippen molar-refractivity contribution in [3.8, 4) is 0 Å². The molecular formula is C22H29ClO. The van der Waals surface area contributed by atoms with Crippen molar-refractivity contribution in [2.75, 3.05) is 0 Å². The van der Waals surface area contributed by atoms with Crippen LogP contribution in [0.1, 0.15) is 71.1 Å². The van der Waals surface area contributed by atoms with E-state index >= 15 is 0 Å². The highest BCUT2D eigenvalue weighted by Crippen LogP contribution is 2.38. The summed E-state index contributed by atoms with van der Waals surface area (Å²) in [5.74, 6) is 0.254. The van der Waals surface area contributed by atoms with Crippen molar-refractivity contribution in [2.45, 2.75) is 71.6 Å². The Kier molecular flexibility index (Phi) is 5.44. The van der Waals surface area contributed by atoms with Crippen molar-refractivity contribution in [2.24, 2.45) is 0 Å². The number of hydrogen-bond acceptors (Lipinski definition) is 1. The van der Waals surface area contributed by atoms with E-state index in [1.54, 1.807) is 0 Å². The van der Waals surface area contributed by atoms with Gasteiger partial charge >= 0.3 is 0 Å². The molecule has 1 aromatic carbocycles. The minimum atomic E-state index is -0.0188. The number of aryl methyl sites for hydroxylation is 1. The number of Topliss-reactive ketones (excluding diaryl/α,β-unsaturated/α-hetero) is 1. The number of halogens is 1. The number of hydrogen-bond donors (Lipinski definition) is 0. The fourth-order valence-corrected chi connectivity index (χ4v) is 3.67. The molecule has 0 spiro atoms. The van der Waals surface area contributed by atoms with Gasteiger partial charge in [-0.15, -0.1) is 0 Å². The summed E-state index contributed by atoms with van der Waals surface area (Å²) in [6, 6.07) is 4.37. The second kappa shape index (κ2) is 6.88. The van der Waals surface area contributed by atoms with E-state index in [2.05, 4.69) is 53.7 Å². The largest absolute Gasteiger partial charge is 0.295 e. The first-order valence-corrected chi connectivity index (χ1v) is 9.10. The SMILES string of the molecule is CC(C)(C)c1cc(CCC(=O)C2=CC=CC2)cc(C(C)(C)C)c1Cl. The highest BCUT2D eigenvalue weighted by Gasteiger charge is 2.25. The van der Waals surface area contributed by atoms with Crippen molar-refractivity contribution in [3.05, 3.63) is 57.6 Å². The third-order valence-corrected chi connectivity index (χ3v) is 4.93. The Balaban J connectivity index is 2.31. The number of benzene rings is 1. The Hall–Kier alpha value is -1.34. The maximum atomic E-state index is 12.3. The summed E-state index contributed by atoms with van der Waals surface area (Å²) in [7, 11) is 0. The fraction of sp³-hybridized carbons (Fsp3) is 0.500. The molecule has 24 heavy (non-hydrogen) atoms. The summed E-state index contributed by atoms with van der Waals surface area (Å²) in [4.78, 5) is 12.3. The molecule has 0 bridgehead atoms. The van der Waals surface area contributed by atoms with Gasteiger partial charge in [-0.25, -0.2) is 0 Å². The van der Waals surface area contributed by atoms with E-state index in [-0.39, 0.29) is 16.6 Å². The predicted octanol–water partition coefficient (Wildman–Crippen LogP) is 6.32. The minimum Gasteiger partial charge on any atom is -0.295 e. The molecule has 0 radical (unpaired) electrons. The number of ketones is 1. The molecule has 0 heterocycles. The minimum absolute atomic E-state index is 0.0188. The molecule has 0 unspecified atom stereocenters. The van der Waals surface area contributed by atoms with Gasteiger partial charge in [-0.05, 0) is 45.9 Å². The first-order chi connectivity index (χ1) is 11.0. The number of allylic oxidation sites excluding steroid dienone is 4. The average Bonchev–Trinajstić information content (AvgIpc) is 2.97. The zero-order valence-electron chi connectivity index (χ0n) is 15.8. The van der Waals surface area contributed by atoms with E-state index < -0.39 is 0 Å². The molecule has 0 aromatic heterocycles. The third-order valence-electron chi connectivity index (χ3n) is 4.52. The van der Waals surface area contributed by atoms with Crippen LogP contribution >= 0.6 is 11.6 Å². The highest BCUT2D eigenvalue weighted by molar-refractivity contribution is 6.32. The molecule has 1 nitrogen and oxygen atoms in total. The molecule has 1 aromatic rings. The first-order valence-electron chi connectivity index (χ1n) is 8.72. The summed E-state index contributed by atoms with van der Waals surface area (Å²) >= 11 is 6.73. The van der Waals surface area contributed by atoms with Crippen LogP contribution in [0.25, 0.3) is 0 Å². The Bertz CT molecular complexity index is 659. The van der Waals surface area contributed by atoms with E-state index in [1.165, 1.54) is 16.7 Å². The predicted molar refractivity (Wildman–Crippen MR) is 104 cm³/mol. The highest BCUT2D eigenvalue weighted by atomic mass is 35.5. The van der Waals surface area contributed by atoms with Gasteiger partial charge in [0.1, 0.15) is 0 Å². The molecule has 1 aliphatic carbocycles. The van der Waals surface area contributed by atoms with E-state index in [0.29, 0.717) is 6.42 Å². The van der Waals surface area contributed by atoms with Crippen molar-refractivity contribution < 1.29 is 4.79 Å². The maximum absolute atomic E-state index is 12.3. The van der Waals surface area contributed by atoms with Crippen LogP contribution in [-0.4, -0.2) is 5.78 Å². The molecule has 0 aliphatic heterocycles. The van der Waals surface area contributed by atoms with E-state index in [0.717, 1.165) is 23.4 Å². The lowest BCUT2D eigenvalue weighted by Gasteiger charge is -2.28. The number of rotatable bonds is 4. The Morgan fingerprint density at radius 1 is 1.04 bits per heavy atom. The van der Waals surface area contributed by atoms with Crippen LogP contribution in [0.4, 0.5) is 0 Å². The van der Waals surface area contributed by atoms with Crippen molar-refractivity contribution in [1.82, 2.24) is 0 Å². The number of carbonyl (C=O) groups excluding carboxylic acids is 1. The average molecular weight is 345 g/mol. The zero-order valence-corrected chi connectivity index (χ0v) is 16.6. The fourth-order valence-electron chi connectivity index (χ4n) is 2.99. The monoisotopic (exact) mass is 344 g/mol. The molecule has 0 fully saturated rings. The lowest BCUT2D eigenvalue weighted by atomic mass is 9.79. The van der Waals surface area contributed by atoms with Gasteiger partial charge < -0.3 is 0 Å². The molecule has 1 aliphatic rings. The molecule has 0 N–H and O–H groups in total. The zero-order chi connectivity index (χ0) is 18.1. The van der Waals surface area contributed by atoms with Crippen molar-refractivity contribution in [1.29, 1.82) is 0 Å². The van der Waals surface area contributed by atoms with Gasteiger partial charge in [0.15, 0.2) is 5.78 Å². The summed E-state index contributed by atoms with van der Waals surface area (Å²) in [6.45, 7) is 13.1. The molecule has 2 heteroatoms. The van der Waals surface area contributed by atoms with Crippen LogP contribution in [-0.2, 0) is 22.0 Å². The van der Waals surface area contributed by atoms with Crippen LogP contribution in [0.15, 0.2) is 35.9 Å². The standard InChI is InChI=1S/C22H29ClO/c1-21(2,3)17-13-15(14-18(20(17)23)22(4,5)6)11-12-19(24)16-9-7-8-10-16/h7-9,13-14H,10-12H2,1-6H3. The van der Waals surface area contributed by atoms with E-state index in [9.17, 15) is 4.79 Å². The summed E-state index contributed by atoms with van der Waals surface area (Å²) in [6.07, 6.45) is 8.03. The second-order valence-electron chi connectivity index (χ2n) is 8.75. The van der Waals surface area contributed by atoms with Gasteiger partial charge in [0.2, 0.25) is 0 Å². The molecular weight excluding hydrogens is 316 g/mol. The third kappa shape index (κ3) is 4.39. The molecule has 2 rings (SSSR count). The van der Waals surface area contributed by atoms with Gasteiger partial charge in [0.25, 0.3) is 0 Å². The molecule has 0 amide bonds. The summed E-state index contributed by atoms with van der Waals surface area (Å²) in [5.41, 5.74) is 4.43. The van der Waals surface area contributed by atoms with Crippen LogP contribution in [0.3, 0.4) is 0 Å². The summed E-state index contributed by atoms with van der Waals surface area (Å²) < 4.78 is 0. The lowest BCUT2D eigenvalue weighted by molar-refractivity contribution is -0.115. The molecule has 0 atom stereocenters. The van der Waals surface area contributed by atoms with Crippen molar-refractivity contribution >= 4 is 17.4 Å². The lowest BCUT2D eigenvalue weighted by Crippen LogP contribution is -2.19. The molecule has 0 saturated carbocycles. The topological polar surface area (TPSA) is 17.1 Å². The molecule has 130 valence electrons. The van der Waals surface area contributed by atoms with Crippen LogP contribution in [0.5, 0.6) is 0 Å². The van der Waals surface area contributed by atoms with Gasteiger partial charge in [0.05, 0.1) is 0 Å². The summed E-state index contributed by atoms with van der Waals surface area (Å²) in [5, 5.41) is 0.868. The van der Waals surface area contributed by atoms with Gasteiger partial charge in [-0.3, -0.25) is 4.79 Å². The Morgan fingerprint density at radius 2 is 1.58 bits per heavy atom. The van der Waals surface area contributed by atoms with Gasteiger partial charge in [-0.2, -0.15) is 0 Å². The van der Waals surface area contributed by atoms with Gasteiger partial charge in [0, 0.05) is 11.4 Å². The molecule has 0 saturated heterocycles. The van der Waals surface area contributed by atoms with E-state index in [4.69, 9.17) is 11.6 Å². The van der Waals surface area contributed by atoms with Crippen molar-refractivity contribution in [3.63, 3.8) is 0 Å². The second-order valence-corrected chi connectivity index (χ2v) is 9.13. The smallest absolute Gasteiger partial charge is 0.159 e.